The second-order valence-corrected chi connectivity index (χ2v) is 7.40. The third kappa shape index (κ3) is 6.24. The highest BCUT2D eigenvalue weighted by Gasteiger charge is 2.37. The second kappa shape index (κ2) is 9.70. The number of rotatable bonds is 6. The molecular weight excluding hydrogens is 467 g/mol. The van der Waals surface area contributed by atoms with E-state index < -0.39 is 36.1 Å². The molecule has 180 valence electrons. The van der Waals surface area contributed by atoms with Crippen LogP contribution in [0.15, 0.2) is 54.7 Å². The quantitative estimate of drug-likeness (QED) is 0.381. The van der Waals surface area contributed by atoms with Crippen molar-refractivity contribution in [3.63, 3.8) is 0 Å². The number of hydrogen-bond acceptors (Lipinski definition) is 3. The van der Waals surface area contributed by atoms with Crippen LogP contribution in [0.4, 0.5) is 42.2 Å². The Kier molecular flexibility index (Phi) is 7.13. The molecule has 2 aromatic carbocycles. The minimum atomic E-state index is -4.87. The van der Waals surface area contributed by atoms with Crippen molar-refractivity contribution in [2.24, 2.45) is 0 Å². The lowest BCUT2D eigenvalue weighted by atomic mass is 9.98. The summed E-state index contributed by atoms with van der Waals surface area (Å²) < 4.78 is 91.1. The Morgan fingerprint density at radius 3 is 2.26 bits per heavy atom. The number of nitrogens with zero attached hydrogens (tertiary/aromatic N) is 1. The highest BCUT2D eigenvalue weighted by atomic mass is 19.4. The number of hydrogen-bond donors (Lipinski definition) is 2. The van der Waals surface area contributed by atoms with Crippen LogP contribution in [-0.2, 0) is 17.5 Å². The average Bonchev–Trinajstić information content (AvgIpc) is 2.72. The van der Waals surface area contributed by atoms with E-state index in [1.807, 2.05) is 0 Å². The maximum absolute atomic E-state index is 13.8. The van der Waals surface area contributed by atoms with Gasteiger partial charge in [-0.25, -0.2) is 9.37 Å². The molecule has 0 unspecified atom stereocenters. The molecule has 0 radical (unpaired) electrons. The van der Waals surface area contributed by atoms with Crippen LogP contribution >= 0.6 is 0 Å². The zero-order valence-corrected chi connectivity index (χ0v) is 17.6. The molecule has 3 aromatic rings. The van der Waals surface area contributed by atoms with E-state index in [2.05, 4.69) is 15.6 Å². The molecule has 0 bridgehead atoms. The zero-order chi connectivity index (χ0) is 25.1. The Morgan fingerprint density at radius 2 is 1.65 bits per heavy atom. The van der Waals surface area contributed by atoms with Crippen molar-refractivity contribution in [3.05, 3.63) is 77.2 Å². The van der Waals surface area contributed by atoms with E-state index in [4.69, 9.17) is 0 Å². The number of aromatic nitrogens is 1. The summed E-state index contributed by atoms with van der Waals surface area (Å²) in [4.78, 5) is 15.8. The van der Waals surface area contributed by atoms with Crippen LogP contribution in [0.3, 0.4) is 0 Å². The molecule has 34 heavy (non-hydrogen) atoms. The first-order valence-electron chi connectivity index (χ1n) is 9.86. The molecule has 1 aromatic heterocycles. The molecule has 2 N–H and O–H groups in total. The molecule has 11 heteroatoms. The average molecular weight is 485 g/mol. The van der Waals surface area contributed by atoms with E-state index in [1.165, 1.54) is 48.7 Å². The lowest BCUT2D eigenvalue weighted by Crippen LogP contribution is -2.22. The minimum absolute atomic E-state index is 0.0861. The first-order valence-corrected chi connectivity index (χ1v) is 9.86. The summed E-state index contributed by atoms with van der Waals surface area (Å²) in [5, 5.41) is 5.10. The van der Waals surface area contributed by atoms with Gasteiger partial charge in [0.05, 0.1) is 11.3 Å². The van der Waals surface area contributed by atoms with Crippen LogP contribution in [0.1, 0.15) is 23.1 Å². The highest BCUT2D eigenvalue weighted by molar-refractivity contribution is 5.94. The molecule has 0 aliphatic rings. The Morgan fingerprint density at radius 1 is 0.971 bits per heavy atom. The first-order chi connectivity index (χ1) is 15.8. The fourth-order valence-electron chi connectivity index (χ4n) is 3.26. The molecule has 0 saturated heterocycles. The number of carbonyl (C=O) groups is 1. The van der Waals surface area contributed by atoms with Crippen molar-refractivity contribution < 1.29 is 35.5 Å². The summed E-state index contributed by atoms with van der Waals surface area (Å²) in [5.74, 6) is -2.49. The van der Waals surface area contributed by atoms with E-state index in [-0.39, 0.29) is 29.2 Å². The van der Waals surface area contributed by atoms with Crippen LogP contribution in [0.25, 0.3) is 11.1 Å². The van der Waals surface area contributed by atoms with Crippen molar-refractivity contribution in [1.29, 1.82) is 0 Å². The Bertz CT molecular complexity index is 1170. The lowest BCUT2D eigenvalue weighted by Gasteiger charge is -2.16. The smallest absolute Gasteiger partial charge is 0.364 e. The summed E-state index contributed by atoms with van der Waals surface area (Å²) in [5.41, 5.74) is -0.336. The first kappa shape index (κ1) is 25.0. The summed E-state index contributed by atoms with van der Waals surface area (Å²) in [7, 11) is 0. The van der Waals surface area contributed by atoms with Gasteiger partial charge in [-0.15, -0.1) is 0 Å². The monoisotopic (exact) mass is 485 g/mol. The van der Waals surface area contributed by atoms with Crippen molar-refractivity contribution >= 4 is 17.4 Å². The van der Waals surface area contributed by atoms with E-state index in [1.54, 1.807) is 6.92 Å². The molecule has 1 amide bonds. The SMILES string of the molecule is Cc1ccnc(NCc2ccc(-c3cccc(F)c3C(F)(F)F)cc2)c1NC(=O)CC(F)(F)F. The van der Waals surface area contributed by atoms with E-state index >= 15 is 0 Å². The number of anilines is 2. The third-order valence-electron chi connectivity index (χ3n) is 4.81. The van der Waals surface area contributed by atoms with E-state index in [9.17, 15) is 35.5 Å². The van der Waals surface area contributed by atoms with Gasteiger partial charge in [-0.2, -0.15) is 26.3 Å². The number of alkyl halides is 6. The van der Waals surface area contributed by atoms with Crippen molar-refractivity contribution in [2.45, 2.75) is 32.2 Å². The summed E-state index contributed by atoms with van der Waals surface area (Å²) in [6.45, 7) is 1.69. The van der Waals surface area contributed by atoms with Gasteiger partial charge >= 0.3 is 12.4 Å². The topological polar surface area (TPSA) is 54.0 Å². The predicted molar refractivity (Wildman–Crippen MR) is 112 cm³/mol. The van der Waals surface area contributed by atoms with Crippen molar-refractivity contribution in [2.75, 3.05) is 10.6 Å². The van der Waals surface area contributed by atoms with Crippen molar-refractivity contribution in [3.8, 4) is 11.1 Å². The molecule has 0 fully saturated rings. The Balaban J connectivity index is 1.77. The standard InChI is InChI=1S/C23H18F7N3O/c1-13-9-10-31-21(20(13)33-18(34)11-22(25,26)27)32-12-14-5-7-15(8-6-14)16-3-2-4-17(24)19(16)23(28,29)30/h2-10H,11-12H2,1H3,(H,31,32)(H,33,34). The number of nitrogens with one attached hydrogen (secondary N) is 2. The van der Waals surface area contributed by atoms with Gasteiger partial charge in [0.1, 0.15) is 18.1 Å². The van der Waals surface area contributed by atoms with Crippen LogP contribution < -0.4 is 10.6 Å². The fourth-order valence-corrected chi connectivity index (χ4v) is 3.26. The van der Waals surface area contributed by atoms with Crippen molar-refractivity contribution in [1.82, 2.24) is 4.98 Å². The highest BCUT2D eigenvalue weighted by Crippen LogP contribution is 2.38. The van der Waals surface area contributed by atoms with Gasteiger partial charge in [-0.05, 0) is 41.3 Å². The fraction of sp³-hybridized carbons (Fsp3) is 0.217. The molecule has 0 atom stereocenters. The Labute approximate surface area is 189 Å². The lowest BCUT2D eigenvalue weighted by molar-refractivity contribution is -0.150. The molecule has 0 aliphatic carbocycles. The summed E-state index contributed by atoms with van der Waals surface area (Å²) >= 11 is 0. The molecule has 4 nitrogen and oxygen atoms in total. The second-order valence-electron chi connectivity index (χ2n) is 7.40. The molecule has 3 rings (SSSR count). The van der Waals surface area contributed by atoms with Gasteiger partial charge in [-0.3, -0.25) is 4.79 Å². The number of benzene rings is 2. The third-order valence-corrected chi connectivity index (χ3v) is 4.81. The van der Waals surface area contributed by atoms with Gasteiger partial charge in [0.15, 0.2) is 0 Å². The zero-order valence-electron chi connectivity index (χ0n) is 17.6. The molecule has 0 spiro atoms. The van der Waals surface area contributed by atoms with Gasteiger partial charge in [0, 0.05) is 12.7 Å². The number of amides is 1. The minimum Gasteiger partial charge on any atom is -0.364 e. The van der Waals surface area contributed by atoms with E-state index in [0.717, 1.165) is 6.07 Å². The molecule has 1 heterocycles. The van der Waals surface area contributed by atoms with Crippen LogP contribution in [-0.4, -0.2) is 17.1 Å². The van der Waals surface area contributed by atoms with Crippen LogP contribution in [0.2, 0.25) is 0 Å². The van der Waals surface area contributed by atoms with Gasteiger partial charge in [0.25, 0.3) is 0 Å². The molecule has 0 aliphatic heterocycles. The summed E-state index contributed by atoms with van der Waals surface area (Å²) in [6, 6.07) is 10.5. The number of pyridine rings is 1. The van der Waals surface area contributed by atoms with Gasteiger partial charge < -0.3 is 10.6 Å². The Hall–Kier alpha value is -3.63. The predicted octanol–water partition coefficient (Wildman–Crippen LogP) is 6.72. The van der Waals surface area contributed by atoms with Crippen LogP contribution in [0.5, 0.6) is 0 Å². The maximum atomic E-state index is 13.8. The van der Waals surface area contributed by atoms with Crippen LogP contribution in [0, 0.1) is 12.7 Å². The van der Waals surface area contributed by atoms with E-state index in [0.29, 0.717) is 11.1 Å². The number of carbonyl (C=O) groups excluding carboxylic acids is 1. The maximum Gasteiger partial charge on any atom is 0.419 e. The normalized spacial score (nSPS) is 11.9. The largest absolute Gasteiger partial charge is 0.419 e. The number of halogens is 7. The molecular formula is C23H18F7N3O. The number of aryl methyl sites for hydroxylation is 1. The molecule has 0 saturated carbocycles. The van der Waals surface area contributed by atoms with Gasteiger partial charge in [0.2, 0.25) is 5.91 Å². The summed E-state index contributed by atoms with van der Waals surface area (Å²) in [6.07, 6.45) is -9.78. The van der Waals surface area contributed by atoms with Gasteiger partial charge in [-0.1, -0.05) is 36.4 Å².